The third-order valence-electron chi connectivity index (χ3n) is 5.86. The van der Waals surface area contributed by atoms with E-state index >= 15 is 0 Å². The highest BCUT2D eigenvalue weighted by molar-refractivity contribution is 7.15. The van der Waals surface area contributed by atoms with Crippen LogP contribution in [-0.4, -0.2) is 28.5 Å². The summed E-state index contributed by atoms with van der Waals surface area (Å²) in [6, 6.07) is 8.02. The van der Waals surface area contributed by atoms with Gasteiger partial charge in [0, 0.05) is 12.2 Å². The van der Waals surface area contributed by atoms with Gasteiger partial charge < -0.3 is 10.6 Å². The molecule has 180 valence electrons. The maximum absolute atomic E-state index is 13.3. The van der Waals surface area contributed by atoms with E-state index in [1.165, 1.54) is 0 Å². The Morgan fingerprint density at radius 2 is 2.06 bits per heavy atom. The van der Waals surface area contributed by atoms with E-state index in [1.807, 2.05) is 38.1 Å². The van der Waals surface area contributed by atoms with E-state index in [4.69, 9.17) is 11.6 Å². The van der Waals surface area contributed by atoms with E-state index in [0.717, 1.165) is 64.8 Å². The summed E-state index contributed by atoms with van der Waals surface area (Å²) >= 11 is 7.56. The number of piperidine rings is 1. The molecule has 2 aromatic heterocycles. The van der Waals surface area contributed by atoms with Gasteiger partial charge in [-0.25, -0.2) is 9.97 Å². The minimum atomic E-state index is -4.68. The summed E-state index contributed by atoms with van der Waals surface area (Å²) in [4.78, 5) is 22.5. The van der Waals surface area contributed by atoms with Crippen LogP contribution >= 0.6 is 22.9 Å². The number of amides is 1. The van der Waals surface area contributed by atoms with Gasteiger partial charge in [0.15, 0.2) is 0 Å². The molecule has 2 atom stereocenters. The van der Waals surface area contributed by atoms with Crippen molar-refractivity contribution < 1.29 is 18.0 Å². The first-order valence-electron chi connectivity index (χ1n) is 11.0. The second kappa shape index (κ2) is 10.0. The highest BCUT2D eigenvalue weighted by Gasteiger charge is 2.36. The Morgan fingerprint density at radius 1 is 1.26 bits per heavy atom. The lowest BCUT2D eigenvalue weighted by atomic mass is 9.91. The van der Waals surface area contributed by atoms with E-state index in [-0.39, 0.29) is 6.04 Å². The van der Waals surface area contributed by atoms with Crippen LogP contribution in [0.25, 0.3) is 10.4 Å². The summed E-state index contributed by atoms with van der Waals surface area (Å²) in [6.07, 6.45) is -0.903. The molecule has 10 heteroatoms. The lowest BCUT2D eigenvalue weighted by Crippen LogP contribution is -2.46. The summed E-state index contributed by atoms with van der Waals surface area (Å²) in [7, 11) is 0. The van der Waals surface area contributed by atoms with E-state index in [1.54, 1.807) is 11.3 Å². The van der Waals surface area contributed by atoms with Gasteiger partial charge in [0.05, 0.1) is 32.2 Å². The summed E-state index contributed by atoms with van der Waals surface area (Å²) in [5.74, 6) is -0.747. The molecular formula is C24H24ClF3N4OS. The Morgan fingerprint density at radius 3 is 2.71 bits per heavy atom. The molecule has 0 saturated carbocycles. The lowest BCUT2D eigenvalue weighted by Gasteiger charge is -2.32. The zero-order valence-corrected chi connectivity index (χ0v) is 20.2. The van der Waals surface area contributed by atoms with Crippen molar-refractivity contribution in [2.45, 2.75) is 51.4 Å². The number of nitrogens with zero attached hydrogens (tertiary/aromatic N) is 2. The van der Waals surface area contributed by atoms with Crippen molar-refractivity contribution in [1.29, 1.82) is 0 Å². The van der Waals surface area contributed by atoms with E-state index in [2.05, 4.69) is 20.6 Å². The van der Waals surface area contributed by atoms with Crippen LogP contribution in [0.15, 0.2) is 36.5 Å². The Kier molecular flexibility index (Phi) is 7.25. The number of benzene rings is 1. The standard InChI is InChI=1S/C24H24ClF3N4OS/c1-13-22(34-14(2)31-13)16-7-5-6-15(12-16)20(18-8-3-4-10-29-18)32-23(33)21-19(25)17(9-11-30-21)24(26,27)28/h5-7,9,11-12,18,20,29H,3-4,8,10H2,1-2H3,(H,32,33)/t18-,20-/m0/s1. The second-order valence-corrected chi connectivity index (χ2v) is 9.88. The fraction of sp³-hybridized carbons (Fsp3) is 0.375. The zero-order valence-electron chi connectivity index (χ0n) is 18.7. The molecule has 1 fully saturated rings. The molecule has 3 heterocycles. The average Bonchev–Trinajstić information content (AvgIpc) is 3.15. The fourth-order valence-electron chi connectivity index (χ4n) is 4.28. The minimum Gasteiger partial charge on any atom is -0.342 e. The van der Waals surface area contributed by atoms with Crippen LogP contribution < -0.4 is 10.6 Å². The summed E-state index contributed by atoms with van der Waals surface area (Å²) in [5, 5.41) is 6.61. The van der Waals surface area contributed by atoms with Gasteiger partial charge in [-0.05, 0) is 56.5 Å². The lowest BCUT2D eigenvalue weighted by molar-refractivity contribution is -0.137. The van der Waals surface area contributed by atoms with Crippen molar-refractivity contribution in [1.82, 2.24) is 20.6 Å². The quantitative estimate of drug-likeness (QED) is 0.436. The summed E-state index contributed by atoms with van der Waals surface area (Å²) < 4.78 is 39.9. The Hall–Kier alpha value is -2.49. The zero-order chi connectivity index (χ0) is 24.5. The molecule has 0 bridgehead atoms. The number of nitrogens with one attached hydrogen (secondary N) is 2. The van der Waals surface area contributed by atoms with Crippen molar-refractivity contribution in [2.24, 2.45) is 0 Å². The van der Waals surface area contributed by atoms with Gasteiger partial charge in [0.25, 0.3) is 5.91 Å². The van der Waals surface area contributed by atoms with Crippen molar-refractivity contribution in [3.05, 3.63) is 69.1 Å². The Balaban J connectivity index is 1.69. The third kappa shape index (κ3) is 5.26. The predicted octanol–water partition coefficient (Wildman–Crippen LogP) is 6.11. The summed E-state index contributed by atoms with van der Waals surface area (Å²) in [5.41, 5.74) is 1.22. The van der Waals surface area contributed by atoms with E-state index in [0.29, 0.717) is 0 Å². The maximum atomic E-state index is 13.3. The fourth-order valence-corrected chi connectivity index (χ4v) is 5.50. The minimum absolute atomic E-state index is 0.0816. The van der Waals surface area contributed by atoms with Crippen LogP contribution in [0.5, 0.6) is 0 Å². The first-order chi connectivity index (χ1) is 16.1. The first kappa shape index (κ1) is 24.6. The summed E-state index contributed by atoms with van der Waals surface area (Å²) in [6.45, 7) is 4.70. The molecule has 5 nitrogen and oxygen atoms in total. The van der Waals surface area contributed by atoms with Crippen LogP contribution in [-0.2, 0) is 6.18 Å². The predicted molar refractivity (Wildman–Crippen MR) is 127 cm³/mol. The van der Waals surface area contributed by atoms with Gasteiger partial charge in [0.2, 0.25) is 0 Å². The molecule has 0 aliphatic carbocycles. The number of aryl methyl sites for hydroxylation is 2. The highest BCUT2D eigenvalue weighted by atomic mass is 35.5. The molecule has 1 saturated heterocycles. The molecule has 0 spiro atoms. The van der Waals surface area contributed by atoms with Gasteiger partial charge >= 0.3 is 6.18 Å². The molecule has 1 amide bonds. The number of alkyl halides is 3. The van der Waals surface area contributed by atoms with Crippen LogP contribution in [0.3, 0.4) is 0 Å². The van der Waals surface area contributed by atoms with Crippen molar-refractivity contribution >= 4 is 28.8 Å². The SMILES string of the molecule is Cc1nc(C)c(-c2cccc([C@H](NC(=O)c3nccc(C(F)(F)F)c3Cl)[C@@H]3CCCCN3)c2)s1. The van der Waals surface area contributed by atoms with Gasteiger partial charge in [-0.1, -0.05) is 36.2 Å². The normalized spacial score (nSPS) is 17.4. The van der Waals surface area contributed by atoms with Gasteiger partial charge in [-0.3, -0.25) is 4.79 Å². The molecule has 34 heavy (non-hydrogen) atoms. The number of pyridine rings is 1. The molecule has 0 unspecified atom stereocenters. The number of hydrogen-bond donors (Lipinski definition) is 2. The molecule has 1 aromatic carbocycles. The van der Waals surface area contributed by atoms with Crippen LogP contribution in [0.2, 0.25) is 5.02 Å². The number of hydrogen-bond acceptors (Lipinski definition) is 5. The first-order valence-corrected chi connectivity index (χ1v) is 12.1. The molecule has 2 N–H and O–H groups in total. The number of carbonyl (C=O) groups is 1. The van der Waals surface area contributed by atoms with Crippen LogP contribution in [0, 0.1) is 13.8 Å². The topological polar surface area (TPSA) is 66.9 Å². The van der Waals surface area contributed by atoms with Crippen LogP contribution in [0.4, 0.5) is 13.2 Å². The molecule has 3 aromatic rings. The Labute approximate surface area is 204 Å². The second-order valence-electron chi connectivity index (χ2n) is 8.30. The van der Waals surface area contributed by atoms with Crippen molar-refractivity contribution in [2.75, 3.05) is 6.54 Å². The van der Waals surface area contributed by atoms with Crippen LogP contribution in [0.1, 0.15) is 57.6 Å². The molecule has 1 aliphatic rings. The number of halogens is 4. The van der Waals surface area contributed by atoms with Gasteiger partial charge in [-0.15, -0.1) is 11.3 Å². The Bertz CT molecular complexity index is 1190. The number of carbonyl (C=O) groups excluding carboxylic acids is 1. The van der Waals surface area contributed by atoms with Gasteiger partial charge in [0.1, 0.15) is 5.69 Å². The largest absolute Gasteiger partial charge is 0.417 e. The molecular weight excluding hydrogens is 485 g/mol. The highest BCUT2D eigenvalue weighted by Crippen LogP contribution is 2.36. The van der Waals surface area contributed by atoms with Crippen molar-refractivity contribution in [3.8, 4) is 10.4 Å². The van der Waals surface area contributed by atoms with E-state index in [9.17, 15) is 18.0 Å². The van der Waals surface area contributed by atoms with Gasteiger partial charge in [-0.2, -0.15) is 13.2 Å². The van der Waals surface area contributed by atoms with Crippen molar-refractivity contribution in [3.63, 3.8) is 0 Å². The van der Waals surface area contributed by atoms with E-state index < -0.39 is 34.4 Å². The molecule has 4 rings (SSSR count). The smallest absolute Gasteiger partial charge is 0.342 e. The monoisotopic (exact) mass is 508 g/mol. The number of aromatic nitrogens is 2. The molecule has 1 aliphatic heterocycles. The third-order valence-corrected chi connectivity index (χ3v) is 7.36. The number of rotatable bonds is 5. The maximum Gasteiger partial charge on any atom is 0.417 e. The number of thiazole rings is 1. The molecule has 0 radical (unpaired) electrons. The average molecular weight is 509 g/mol.